The van der Waals surface area contributed by atoms with Crippen LogP contribution in [0.5, 0.6) is 0 Å². The molecule has 2 amide bonds. The third kappa shape index (κ3) is 5.36. The number of piperidine rings is 1. The lowest BCUT2D eigenvalue weighted by molar-refractivity contribution is 0.262. The van der Waals surface area contributed by atoms with Crippen LogP contribution >= 0.6 is 11.3 Å². The maximum Gasteiger partial charge on any atom is 0.326 e. The Hall–Kier alpha value is -2.84. The highest BCUT2D eigenvalue weighted by Crippen LogP contribution is 2.25. The number of carbonyl (C=O) groups excluding carboxylic acids is 1. The first-order valence-corrected chi connectivity index (χ1v) is 10.7. The number of rotatable bonds is 5. The summed E-state index contributed by atoms with van der Waals surface area (Å²) in [5.41, 5.74) is 1.95. The number of aromatic nitrogens is 3. The van der Waals surface area contributed by atoms with E-state index < -0.39 is 0 Å². The Labute approximate surface area is 174 Å². The molecule has 0 radical (unpaired) electrons. The van der Waals surface area contributed by atoms with Gasteiger partial charge in [0.15, 0.2) is 0 Å². The van der Waals surface area contributed by atoms with Gasteiger partial charge in [-0.25, -0.2) is 14.8 Å². The summed E-state index contributed by atoms with van der Waals surface area (Å²) >= 11 is 1.47. The monoisotopic (exact) mass is 408 g/mol. The molecule has 150 valence electrons. The van der Waals surface area contributed by atoms with Crippen molar-refractivity contribution >= 4 is 29.0 Å². The minimum Gasteiger partial charge on any atom is -0.314 e. The van der Waals surface area contributed by atoms with Gasteiger partial charge in [0.25, 0.3) is 0 Å². The molecule has 2 atom stereocenters. The van der Waals surface area contributed by atoms with E-state index in [4.69, 9.17) is 0 Å². The van der Waals surface area contributed by atoms with Gasteiger partial charge < -0.3 is 5.32 Å². The maximum atomic E-state index is 12.4. The molecule has 1 saturated heterocycles. The Morgan fingerprint density at radius 2 is 2.00 bits per heavy atom. The largest absolute Gasteiger partial charge is 0.326 e. The van der Waals surface area contributed by atoms with Crippen LogP contribution in [-0.4, -0.2) is 33.6 Å². The number of hydrogen-bond donors (Lipinski definition) is 3. The van der Waals surface area contributed by atoms with Gasteiger partial charge in [-0.3, -0.25) is 15.6 Å². The topological polar surface area (TPSA) is 91.8 Å². The molecular weight excluding hydrogens is 384 g/mol. The predicted octanol–water partition coefficient (Wildman–Crippen LogP) is 4.17. The number of carbonyl (C=O) groups is 1. The van der Waals surface area contributed by atoms with Crippen LogP contribution in [0.1, 0.15) is 25.5 Å². The van der Waals surface area contributed by atoms with E-state index in [1.54, 1.807) is 18.5 Å². The van der Waals surface area contributed by atoms with Crippen LogP contribution in [0.3, 0.4) is 0 Å². The van der Waals surface area contributed by atoms with Crippen molar-refractivity contribution in [2.45, 2.75) is 32.2 Å². The van der Waals surface area contributed by atoms with Crippen LogP contribution in [0.25, 0.3) is 10.6 Å². The third-order valence-electron chi connectivity index (χ3n) is 4.93. The molecule has 2 unspecified atom stereocenters. The number of amides is 2. The third-order valence-corrected chi connectivity index (χ3v) is 5.83. The Morgan fingerprint density at radius 3 is 2.83 bits per heavy atom. The highest BCUT2D eigenvalue weighted by atomic mass is 32.1. The lowest BCUT2D eigenvalue weighted by Crippen LogP contribution is -2.38. The van der Waals surface area contributed by atoms with Crippen molar-refractivity contribution in [3.05, 3.63) is 53.8 Å². The zero-order valence-corrected chi connectivity index (χ0v) is 17.1. The van der Waals surface area contributed by atoms with Crippen molar-refractivity contribution in [2.75, 3.05) is 17.2 Å². The standard InChI is InChI=1S/C21H24N6OS/c1-14-5-10-23-17(11-14)12-16-3-2-4-18(24-16)26-21(28)27-19-13-29-20(25-19)15-6-8-22-9-7-15/h2-4,6-9,13-14,17,23H,5,10-12H2,1H3,(H2,24,26,27,28). The molecule has 3 aromatic heterocycles. The SMILES string of the molecule is CC1CCNC(Cc2cccc(NC(=O)Nc3csc(-c4ccncc4)n3)n2)C1. The van der Waals surface area contributed by atoms with Gasteiger partial charge in [0, 0.05) is 41.5 Å². The fraction of sp³-hybridized carbons (Fsp3) is 0.333. The molecule has 4 rings (SSSR count). The predicted molar refractivity (Wildman–Crippen MR) is 116 cm³/mol. The lowest BCUT2D eigenvalue weighted by Gasteiger charge is -2.28. The average Bonchev–Trinajstić information content (AvgIpc) is 3.17. The number of hydrogen-bond acceptors (Lipinski definition) is 6. The van der Waals surface area contributed by atoms with Crippen molar-refractivity contribution in [2.24, 2.45) is 5.92 Å². The second-order valence-electron chi connectivity index (χ2n) is 7.35. The van der Waals surface area contributed by atoms with E-state index in [0.717, 1.165) is 41.6 Å². The van der Waals surface area contributed by atoms with Crippen LogP contribution in [-0.2, 0) is 6.42 Å². The fourth-order valence-electron chi connectivity index (χ4n) is 3.51. The highest BCUT2D eigenvalue weighted by molar-refractivity contribution is 7.13. The number of nitrogens with one attached hydrogen (secondary N) is 3. The Bertz CT molecular complexity index is 961. The molecule has 29 heavy (non-hydrogen) atoms. The van der Waals surface area contributed by atoms with E-state index in [0.29, 0.717) is 17.7 Å². The molecule has 0 aromatic carbocycles. The van der Waals surface area contributed by atoms with E-state index in [1.165, 1.54) is 17.8 Å². The van der Waals surface area contributed by atoms with Gasteiger partial charge in [-0.1, -0.05) is 13.0 Å². The summed E-state index contributed by atoms with van der Waals surface area (Å²) in [6, 6.07) is 9.59. The summed E-state index contributed by atoms with van der Waals surface area (Å²) in [5, 5.41) is 11.8. The Kier molecular flexibility index (Phi) is 6.12. The normalized spacial score (nSPS) is 18.9. The van der Waals surface area contributed by atoms with Crippen molar-refractivity contribution in [3.63, 3.8) is 0 Å². The second-order valence-corrected chi connectivity index (χ2v) is 8.21. The van der Waals surface area contributed by atoms with Crippen molar-refractivity contribution in [1.29, 1.82) is 0 Å². The second kappa shape index (κ2) is 9.11. The van der Waals surface area contributed by atoms with Crippen LogP contribution < -0.4 is 16.0 Å². The lowest BCUT2D eigenvalue weighted by atomic mass is 9.92. The number of thiazole rings is 1. The zero-order valence-electron chi connectivity index (χ0n) is 16.3. The van der Waals surface area contributed by atoms with Crippen LogP contribution in [0.15, 0.2) is 48.1 Å². The molecule has 4 heterocycles. The van der Waals surface area contributed by atoms with Crippen LogP contribution in [0, 0.1) is 5.92 Å². The number of anilines is 2. The fourth-order valence-corrected chi connectivity index (χ4v) is 4.27. The van der Waals surface area contributed by atoms with Gasteiger partial charge in [0.2, 0.25) is 0 Å². The summed E-state index contributed by atoms with van der Waals surface area (Å²) < 4.78 is 0. The summed E-state index contributed by atoms with van der Waals surface area (Å²) in [6.07, 6.45) is 6.69. The van der Waals surface area contributed by atoms with Gasteiger partial charge >= 0.3 is 6.03 Å². The molecule has 0 saturated carbocycles. The van der Waals surface area contributed by atoms with E-state index in [9.17, 15) is 4.79 Å². The van der Waals surface area contributed by atoms with E-state index in [2.05, 4.69) is 37.8 Å². The summed E-state index contributed by atoms with van der Waals surface area (Å²) in [4.78, 5) is 25.4. The van der Waals surface area contributed by atoms with Crippen molar-refractivity contribution in [1.82, 2.24) is 20.3 Å². The van der Waals surface area contributed by atoms with Crippen LogP contribution in [0.4, 0.5) is 16.4 Å². The summed E-state index contributed by atoms with van der Waals surface area (Å²) in [7, 11) is 0. The molecule has 0 aliphatic carbocycles. The molecule has 7 nitrogen and oxygen atoms in total. The molecule has 0 spiro atoms. The van der Waals surface area contributed by atoms with E-state index in [-0.39, 0.29) is 6.03 Å². The zero-order chi connectivity index (χ0) is 20.1. The minimum absolute atomic E-state index is 0.356. The van der Waals surface area contributed by atoms with Gasteiger partial charge in [0.1, 0.15) is 16.6 Å². The van der Waals surface area contributed by atoms with E-state index >= 15 is 0 Å². The number of nitrogens with zero attached hydrogens (tertiary/aromatic N) is 3. The Morgan fingerprint density at radius 1 is 1.17 bits per heavy atom. The Balaban J connectivity index is 1.34. The van der Waals surface area contributed by atoms with Gasteiger partial charge in [0.05, 0.1) is 0 Å². The molecule has 0 bridgehead atoms. The molecule has 3 N–H and O–H groups in total. The quantitative estimate of drug-likeness (QED) is 0.589. The first kappa shape index (κ1) is 19.5. The molecule has 3 aromatic rings. The first-order valence-electron chi connectivity index (χ1n) is 9.79. The molecular formula is C21H24N6OS. The van der Waals surface area contributed by atoms with Gasteiger partial charge in [-0.15, -0.1) is 11.3 Å². The average molecular weight is 409 g/mol. The van der Waals surface area contributed by atoms with Gasteiger partial charge in [-0.05, 0) is 49.6 Å². The minimum atomic E-state index is -0.356. The van der Waals surface area contributed by atoms with Crippen molar-refractivity contribution < 1.29 is 4.79 Å². The summed E-state index contributed by atoms with van der Waals surface area (Å²) in [5.74, 6) is 1.78. The maximum absolute atomic E-state index is 12.4. The summed E-state index contributed by atoms with van der Waals surface area (Å²) in [6.45, 7) is 3.35. The highest BCUT2D eigenvalue weighted by Gasteiger charge is 2.19. The molecule has 1 aliphatic rings. The van der Waals surface area contributed by atoms with Crippen molar-refractivity contribution in [3.8, 4) is 10.6 Å². The smallest absolute Gasteiger partial charge is 0.314 e. The van der Waals surface area contributed by atoms with Gasteiger partial charge in [-0.2, -0.15) is 0 Å². The molecule has 1 fully saturated rings. The molecule has 8 heteroatoms. The van der Waals surface area contributed by atoms with Crippen LogP contribution in [0.2, 0.25) is 0 Å². The van der Waals surface area contributed by atoms with E-state index in [1.807, 2.05) is 29.6 Å². The first-order chi connectivity index (χ1) is 14.2. The number of pyridine rings is 2. The molecule has 1 aliphatic heterocycles. The number of urea groups is 1.